The average Bonchev–Trinajstić information content (AvgIpc) is 3.24. The minimum absolute atomic E-state index is 0.0173. The van der Waals surface area contributed by atoms with Crippen LogP contribution in [0.2, 0.25) is 0 Å². The monoisotopic (exact) mass is 411 g/mol. The number of carbonyl (C=O) groups excluding carboxylic acids is 2. The van der Waals surface area contributed by atoms with E-state index in [2.05, 4.69) is 0 Å². The van der Waals surface area contributed by atoms with Gasteiger partial charge >= 0.3 is 0 Å². The minimum Gasteiger partial charge on any atom is -0.508 e. The van der Waals surface area contributed by atoms with Gasteiger partial charge in [-0.2, -0.15) is 0 Å². The molecular weight excluding hydrogens is 389 g/mol. The number of halogens is 1. The Morgan fingerprint density at radius 2 is 1.77 bits per heavy atom. The maximum atomic E-state index is 13.0. The number of aliphatic hydroxyl groups excluding tert-OH is 1. The highest BCUT2D eigenvalue weighted by Gasteiger charge is 2.34. The van der Waals surface area contributed by atoms with Crippen molar-refractivity contribution in [1.82, 2.24) is 4.90 Å². The molecule has 1 unspecified atom stereocenters. The Kier molecular flexibility index (Phi) is 5.70. The first-order valence-corrected chi connectivity index (χ1v) is 9.95. The molecule has 0 bridgehead atoms. The fourth-order valence-electron chi connectivity index (χ4n) is 3.58. The predicted octanol–water partition coefficient (Wildman–Crippen LogP) is 3.93. The van der Waals surface area contributed by atoms with Crippen LogP contribution >= 0.6 is 0 Å². The average molecular weight is 411 g/mol. The van der Waals surface area contributed by atoms with Crippen LogP contribution in [0.15, 0.2) is 64.5 Å². The van der Waals surface area contributed by atoms with Crippen molar-refractivity contribution >= 4 is 11.7 Å². The maximum absolute atomic E-state index is 13.0. The lowest BCUT2D eigenvalue weighted by atomic mass is 10.1. The van der Waals surface area contributed by atoms with Crippen LogP contribution < -0.4 is 0 Å². The first kappa shape index (κ1) is 19.9. The van der Waals surface area contributed by atoms with Crippen molar-refractivity contribution in [2.24, 2.45) is 0 Å². The smallest absolute Gasteiger partial charge is 0.288 e. The normalized spacial score (nSPS) is 19.0. The molecule has 2 aliphatic heterocycles. The quantitative estimate of drug-likeness (QED) is 0.754. The molecule has 1 aromatic heterocycles. The number of likely N-dealkylation sites (tertiary alicyclic amines) is 1. The molecular formula is C23H22FNO5. The number of piperidine rings is 1. The molecule has 1 fully saturated rings. The summed E-state index contributed by atoms with van der Waals surface area (Å²) in [6.07, 6.45) is 4.72. The van der Waals surface area contributed by atoms with Gasteiger partial charge in [0.05, 0.1) is 0 Å². The third-order valence-electron chi connectivity index (χ3n) is 5.21. The summed E-state index contributed by atoms with van der Waals surface area (Å²) in [5.74, 6) is -0.904. The molecule has 2 aromatic rings. The van der Waals surface area contributed by atoms with E-state index in [-0.39, 0.29) is 29.0 Å². The maximum Gasteiger partial charge on any atom is 0.288 e. The van der Waals surface area contributed by atoms with E-state index in [9.17, 15) is 19.1 Å². The molecule has 1 N–H and O–H groups in total. The Balaban J connectivity index is 1.44. The molecule has 1 saturated heterocycles. The van der Waals surface area contributed by atoms with E-state index in [4.69, 9.17) is 9.15 Å². The van der Waals surface area contributed by atoms with E-state index < -0.39 is 11.9 Å². The van der Waals surface area contributed by atoms with Crippen LogP contribution in [0.25, 0.3) is 0 Å². The number of nitrogens with zero attached hydrogens (tertiary/aromatic N) is 1. The second-order valence-corrected chi connectivity index (χ2v) is 7.41. The molecule has 2 aliphatic rings. The molecule has 0 aliphatic carbocycles. The van der Waals surface area contributed by atoms with Crippen LogP contribution in [0.3, 0.4) is 0 Å². The second kappa shape index (κ2) is 8.57. The summed E-state index contributed by atoms with van der Waals surface area (Å²) >= 11 is 0. The summed E-state index contributed by atoms with van der Waals surface area (Å²) in [6, 6.07) is 9.15. The number of hydrogen-bond acceptors (Lipinski definition) is 5. The van der Waals surface area contributed by atoms with E-state index in [1.807, 2.05) is 0 Å². The van der Waals surface area contributed by atoms with Crippen molar-refractivity contribution in [2.45, 2.75) is 31.8 Å². The number of ether oxygens (including phenoxy) is 1. The van der Waals surface area contributed by atoms with E-state index in [1.54, 1.807) is 23.1 Å². The van der Waals surface area contributed by atoms with Crippen LogP contribution in [0, 0.1) is 5.82 Å². The summed E-state index contributed by atoms with van der Waals surface area (Å²) < 4.78 is 24.2. The summed E-state index contributed by atoms with van der Waals surface area (Å²) in [5, 5.41) is 10.1. The van der Waals surface area contributed by atoms with Crippen LogP contribution in [0.4, 0.5) is 4.39 Å². The first-order valence-electron chi connectivity index (χ1n) is 9.95. The highest BCUT2D eigenvalue weighted by Crippen LogP contribution is 2.24. The molecule has 30 heavy (non-hydrogen) atoms. The van der Waals surface area contributed by atoms with Gasteiger partial charge in [-0.1, -0.05) is 12.1 Å². The summed E-state index contributed by atoms with van der Waals surface area (Å²) in [6.45, 7) is 1.30. The van der Waals surface area contributed by atoms with Crippen molar-refractivity contribution in [2.75, 3.05) is 13.1 Å². The van der Waals surface area contributed by atoms with Crippen LogP contribution in [0.5, 0.6) is 0 Å². The van der Waals surface area contributed by atoms with E-state index in [0.717, 1.165) is 24.8 Å². The first-order chi connectivity index (χ1) is 14.5. The number of benzene rings is 1. The Labute approximate surface area is 173 Å². The Morgan fingerprint density at radius 1 is 1.03 bits per heavy atom. The molecule has 1 aromatic carbocycles. The fraction of sp³-hybridized carbons (Fsp3) is 0.304. The molecule has 156 valence electrons. The van der Waals surface area contributed by atoms with Gasteiger partial charge in [0.1, 0.15) is 17.3 Å². The highest BCUT2D eigenvalue weighted by molar-refractivity contribution is 6.00. The van der Waals surface area contributed by atoms with Gasteiger partial charge in [-0.25, -0.2) is 4.39 Å². The fourth-order valence-corrected chi connectivity index (χ4v) is 3.58. The summed E-state index contributed by atoms with van der Waals surface area (Å²) in [5.41, 5.74) is 0.832. The van der Waals surface area contributed by atoms with Gasteiger partial charge in [0.15, 0.2) is 11.5 Å². The third kappa shape index (κ3) is 4.30. The molecule has 0 saturated carbocycles. The number of amides is 1. The standard InChI is InChI=1S/C23H22FNO5/c24-16-6-4-15(5-7-16)14-17-8-10-19(29-17)21(27)22-18(26)9-11-20(30-22)23(28)25-12-2-1-3-13-25/h4-11,22,26H,1-3,12-14H2. The number of aliphatic hydroxyl groups is 1. The Morgan fingerprint density at radius 3 is 2.50 bits per heavy atom. The zero-order valence-corrected chi connectivity index (χ0v) is 16.3. The van der Waals surface area contributed by atoms with Crippen LogP contribution in [-0.2, 0) is 16.0 Å². The molecule has 7 heteroatoms. The van der Waals surface area contributed by atoms with Gasteiger partial charge in [0, 0.05) is 19.5 Å². The number of hydrogen-bond donors (Lipinski definition) is 1. The second-order valence-electron chi connectivity index (χ2n) is 7.41. The van der Waals surface area contributed by atoms with Gasteiger partial charge < -0.3 is 19.2 Å². The number of ketones is 1. The van der Waals surface area contributed by atoms with E-state index >= 15 is 0 Å². The van der Waals surface area contributed by atoms with E-state index in [0.29, 0.717) is 25.3 Å². The van der Waals surface area contributed by atoms with Crippen LogP contribution in [-0.4, -0.2) is 40.9 Å². The third-order valence-corrected chi connectivity index (χ3v) is 5.21. The Bertz CT molecular complexity index is 999. The molecule has 0 radical (unpaired) electrons. The van der Waals surface area contributed by atoms with Gasteiger partial charge in [0.2, 0.25) is 11.9 Å². The summed E-state index contributed by atoms with van der Waals surface area (Å²) in [7, 11) is 0. The van der Waals surface area contributed by atoms with Gasteiger partial charge in [0.25, 0.3) is 5.91 Å². The lowest BCUT2D eigenvalue weighted by Gasteiger charge is -2.29. The number of allylic oxidation sites excluding steroid dienone is 2. The largest absolute Gasteiger partial charge is 0.508 e. The lowest BCUT2D eigenvalue weighted by molar-refractivity contribution is -0.132. The number of carbonyl (C=O) groups is 2. The SMILES string of the molecule is O=C(c1ccc(Cc2ccc(F)cc2)o1)C1OC(C(=O)N2CCCCC2)=CC=C1O. The van der Waals surface area contributed by atoms with Crippen molar-refractivity contribution in [3.05, 3.63) is 83.0 Å². The predicted molar refractivity (Wildman–Crippen MR) is 106 cm³/mol. The lowest BCUT2D eigenvalue weighted by Crippen LogP contribution is -2.39. The van der Waals surface area contributed by atoms with Crippen molar-refractivity contribution in [3.63, 3.8) is 0 Å². The summed E-state index contributed by atoms with van der Waals surface area (Å²) in [4.78, 5) is 27.2. The molecule has 6 nitrogen and oxygen atoms in total. The van der Waals surface area contributed by atoms with Gasteiger partial charge in [-0.15, -0.1) is 0 Å². The van der Waals surface area contributed by atoms with Gasteiger partial charge in [-0.05, 0) is 61.2 Å². The molecule has 3 heterocycles. The van der Waals surface area contributed by atoms with Crippen LogP contribution in [0.1, 0.15) is 41.1 Å². The zero-order chi connectivity index (χ0) is 21.1. The van der Waals surface area contributed by atoms with Crippen molar-refractivity contribution in [1.29, 1.82) is 0 Å². The van der Waals surface area contributed by atoms with Crippen molar-refractivity contribution < 1.29 is 28.2 Å². The number of Topliss-reactive ketones (excluding diaryl/α,β-unsaturated/α-hetero) is 1. The topological polar surface area (TPSA) is 80.0 Å². The molecule has 1 amide bonds. The molecule has 4 rings (SSSR count). The number of furan rings is 1. The number of rotatable bonds is 5. The van der Waals surface area contributed by atoms with Gasteiger partial charge in [-0.3, -0.25) is 9.59 Å². The molecule has 1 atom stereocenters. The zero-order valence-electron chi connectivity index (χ0n) is 16.3. The van der Waals surface area contributed by atoms with E-state index in [1.165, 1.54) is 30.4 Å². The molecule has 0 spiro atoms. The van der Waals surface area contributed by atoms with Crippen molar-refractivity contribution in [3.8, 4) is 0 Å². The Hall–Kier alpha value is -3.35. The highest BCUT2D eigenvalue weighted by atomic mass is 19.1. The minimum atomic E-state index is -1.33.